The second-order valence-corrected chi connectivity index (χ2v) is 7.19. The highest BCUT2D eigenvalue weighted by Crippen LogP contribution is 2.21. The predicted octanol–water partition coefficient (Wildman–Crippen LogP) is 2.60. The van der Waals surface area contributed by atoms with Crippen LogP contribution in [0.4, 0.5) is 23.7 Å². The number of amides is 4. The van der Waals surface area contributed by atoms with Gasteiger partial charge in [-0.15, -0.1) is 0 Å². The highest BCUT2D eigenvalue weighted by Gasteiger charge is 2.36. The molecule has 1 aromatic rings. The molecular formula is C19H23F3N4O3. The molecule has 2 saturated heterocycles. The molecule has 1 aromatic carbocycles. The van der Waals surface area contributed by atoms with Crippen LogP contribution in [0, 0.1) is 0 Å². The third kappa shape index (κ3) is 5.39. The fourth-order valence-electron chi connectivity index (χ4n) is 3.62. The van der Waals surface area contributed by atoms with Crippen molar-refractivity contribution >= 4 is 23.5 Å². The number of urea groups is 1. The van der Waals surface area contributed by atoms with Gasteiger partial charge in [0.2, 0.25) is 5.91 Å². The van der Waals surface area contributed by atoms with Crippen molar-refractivity contribution in [1.82, 2.24) is 15.1 Å². The number of anilines is 1. The Morgan fingerprint density at radius 3 is 2.48 bits per heavy atom. The van der Waals surface area contributed by atoms with Crippen molar-refractivity contribution in [1.29, 1.82) is 0 Å². The first kappa shape index (κ1) is 20.9. The summed E-state index contributed by atoms with van der Waals surface area (Å²) in [6.07, 6.45) is -1.76. The third-order valence-corrected chi connectivity index (χ3v) is 5.03. The van der Waals surface area contributed by atoms with Gasteiger partial charge in [0, 0.05) is 30.9 Å². The molecule has 29 heavy (non-hydrogen) atoms. The SMILES string of the molecule is O=C(NCC(F)(F)F)C1CCCN1C(=O)Nc1cccc(C(=O)N2CCCC2)c1. The monoisotopic (exact) mass is 412 g/mol. The van der Waals surface area contributed by atoms with Crippen LogP contribution in [0.25, 0.3) is 0 Å². The Kier molecular flexibility index (Phi) is 6.29. The molecule has 0 bridgehead atoms. The van der Waals surface area contributed by atoms with E-state index >= 15 is 0 Å². The number of carbonyl (C=O) groups excluding carboxylic acids is 3. The molecule has 1 atom stereocenters. The van der Waals surface area contributed by atoms with Gasteiger partial charge in [-0.3, -0.25) is 9.59 Å². The number of rotatable bonds is 4. The summed E-state index contributed by atoms with van der Waals surface area (Å²) in [5.41, 5.74) is 0.840. The minimum atomic E-state index is -4.51. The maximum absolute atomic E-state index is 12.6. The van der Waals surface area contributed by atoms with E-state index in [0.29, 0.717) is 37.2 Å². The Hall–Kier alpha value is -2.78. The van der Waals surface area contributed by atoms with Crippen molar-refractivity contribution in [2.45, 2.75) is 37.9 Å². The summed E-state index contributed by atoms with van der Waals surface area (Å²) < 4.78 is 37.0. The van der Waals surface area contributed by atoms with Crippen LogP contribution >= 0.6 is 0 Å². The Balaban J connectivity index is 1.62. The second-order valence-electron chi connectivity index (χ2n) is 7.19. The number of carbonyl (C=O) groups is 3. The van der Waals surface area contributed by atoms with Gasteiger partial charge in [0.1, 0.15) is 12.6 Å². The van der Waals surface area contributed by atoms with Crippen molar-refractivity contribution in [2.24, 2.45) is 0 Å². The molecule has 7 nitrogen and oxygen atoms in total. The lowest BCUT2D eigenvalue weighted by molar-refractivity contribution is -0.140. The average molecular weight is 412 g/mol. The normalized spacial score (nSPS) is 19.3. The Morgan fingerprint density at radius 2 is 1.79 bits per heavy atom. The smallest absolute Gasteiger partial charge is 0.345 e. The number of nitrogens with one attached hydrogen (secondary N) is 2. The van der Waals surface area contributed by atoms with E-state index in [9.17, 15) is 27.6 Å². The summed E-state index contributed by atoms with van der Waals surface area (Å²) in [6.45, 7) is 0.247. The minimum Gasteiger partial charge on any atom is -0.345 e. The lowest BCUT2D eigenvalue weighted by Gasteiger charge is -2.24. The van der Waals surface area contributed by atoms with Gasteiger partial charge in [0.15, 0.2) is 0 Å². The average Bonchev–Trinajstić information content (AvgIpc) is 3.37. The largest absolute Gasteiger partial charge is 0.405 e. The standard InChI is InChI=1S/C19H23F3N4O3/c20-19(21,22)12-23-16(27)15-7-4-10-26(15)18(29)24-14-6-3-5-13(11-14)17(28)25-8-1-2-9-25/h3,5-6,11,15H,1-2,4,7-10,12H2,(H,23,27)(H,24,29). The van der Waals surface area contributed by atoms with Crippen molar-refractivity contribution in [2.75, 3.05) is 31.5 Å². The molecule has 3 rings (SSSR count). The van der Waals surface area contributed by atoms with Gasteiger partial charge in [0.05, 0.1) is 0 Å². The molecule has 2 aliphatic heterocycles. The predicted molar refractivity (Wildman–Crippen MR) is 99.4 cm³/mol. The number of likely N-dealkylation sites (tertiary alicyclic amines) is 2. The summed E-state index contributed by atoms with van der Waals surface area (Å²) in [4.78, 5) is 40.1. The first-order chi connectivity index (χ1) is 13.7. The zero-order valence-electron chi connectivity index (χ0n) is 15.8. The fourth-order valence-corrected chi connectivity index (χ4v) is 3.62. The molecule has 2 fully saturated rings. The summed E-state index contributed by atoms with van der Waals surface area (Å²) in [6, 6.07) is 4.96. The zero-order chi connectivity index (χ0) is 21.0. The van der Waals surface area contributed by atoms with E-state index in [1.54, 1.807) is 29.2 Å². The van der Waals surface area contributed by atoms with Crippen LogP contribution in [0.1, 0.15) is 36.0 Å². The van der Waals surface area contributed by atoms with Gasteiger partial charge in [-0.25, -0.2) is 4.79 Å². The van der Waals surface area contributed by atoms with Gasteiger partial charge < -0.3 is 20.4 Å². The van der Waals surface area contributed by atoms with Crippen LogP contribution in [0.5, 0.6) is 0 Å². The van der Waals surface area contributed by atoms with E-state index in [1.165, 1.54) is 4.90 Å². The number of alkyl halides is 3. The summed E-state index contributed by atoms with van der Waals surface area (Å²) >= 11 is 0. The first-order valence-electron chi connectivity index (χ1n) is 9.56. The minimum absolute atomic E-state index is 0.107. The molecule has 1 unspecified atom stereocenters. The van der Waals surface area contributed by atoms with E-state index in [1.807, 2.05) is 5.32 Å². The van der Waals surface area contributed by atoms with E-state index in [4.69, 9.17) is 0 Å². The number of nitrogens with zero attached hydrogens (tertiary/aromatic N) is 2. The quantitative estimate of drug-likeness (QED) is 0.798. The second kappa shape index (κ2) is 8.71. The van der Waals surface area contributed by atoms with E-state index in [-0.39, 0.29) is 12.5 Å². The van der Waals surface area contributed by atoms with Crippen LogP contribution in [-0.4, -0.2) is 66.0 Å². The summed E-state index contributed by atoms with van der Waals surface area (Å²) in [7, 11) is 0. The Labute approximate surface area is 166 Å². The van der Waals surface area contributed by atoms with E-state index in [2.05, 4.69) is 5.32 Å². The summed E-state index contributed by atoms with van der Waals surface area (Å²) in [5, 5.41) is 4.47. The van der Waals surface area contributed by atoms with Crippen LogP contribution in [-0.2, 0) is 4.79 Å². The van der Waals surface area contributed by atoms with Gasteiger partial charge >= 0.3 is 12.2 Å². The molecule has 10 heteroatoms. The Bertz CT molecular complexity index is 778. The van der Waals surface area contributed by atoms with Gasteiger partial charge in [0.25, 0.3) is 5.91 Å². The first-order valence-corrected chi connectivity index (χ1v) is 9.56. The van der Waals surface area contributed by atoms with E-state index < -0.39 is 30.7 Å². The fraction of sp³-hybridized carbons (Fsp3) is 0.526. The van der Waals surface area contributed by atoms with Crippen molar-refractivity contribution in [3.05, 3.63) is 29.8 Å². The molecular weight excluding hydrogens is 389 g/mol. The maximum atomic E-state index is 12.6. The molecule has 158 valence electrons. The molecule has 2 N–H and O–H groups in total. The van der Waals surface area contributed by atoms with Crippen molar-refractivity contribution in [3.63, 3.8) is 0 Å². The molecule has 0 saturated carbocycles. The Morgan fingerprint density at radius 1 is 1.07 bits per heavy atom. The van der Waals surface area contributed by atoms with Crippen LogP contribution in [0.15, 0.2) is 24.3 Å². The number of hydrogen-bond acceptors (Lipinski definition) is 3. The lowest BCUT2D eigenvalue weighted by atomic mass is 10.1. The zero-order valence-corrected chi connectivity index (χ0v) is 15.8. The molecule has 0 aliphatic carbocycles. The summed E-state index contributed by atoms with van der Waals surface area (Å²) in [5.74, 6) is -0.933. The van der Waals surface area contributed by atoms with Crippen molar-refractivity contribution < 1.29 is 27.6 Å². The van der Waals surface area contributed by atoms with Gasteiger partial charge in [-0.05, 0) is 43.9 Å². The van der Waals surface area contributed by atoms with Crippen LogP contribution < -0.4 is 10.6 Å². The van der Waals surface area contributed by atoms with Crippen LogP contribution in [0.3, 0.4) is 0 Å². The maximum Gasteiger partial charge on any atom is 0.405 e. The van der Waals surface area contributed by atoms with Gasteiger partial charge in [-0.1, -0.05) is 6.07 Å². The van der Waals surface area contributed by atoms with Gasteiger partial charge in [-0.2, -0.15) is 13.2 Å². The number of halogens is 3. The van der Waals surface area contributed by atoms with E-state index in [0.717, 1.165) is 12.8 Å². The number of hydrogen-bond donors (Lipinski definition) is 2. The van der Waals surface area contributed by atoms with Crippen molar-refractivity contribution in [3.8, 4) is 0 Å². The number of benzene rings is 1. The van der Waals surface area contributed by atoms with Crippen LogP contribution in [0.2, 0.25) is 0 Å². The third-order valence-electron chi connectivity index (χ3n) is 5.03. The molecule has 0 spiro atoms. The molecule has 2 aliphatic rings. The molecule has 4 amide bonds. The molecule has 2 heterocycles. The topological polar surface area (TPSA) is 81.8 Å². The molecule has 0 radical (unpaired) electrons. The highest BCUT2D eigenvalue weighted by molar-refractivity contribution is 5.98. The highest BCUT2D eigenvalue weighted by atomic mass is 19.4. The lowest BCUT2D eigenvalue weighted by Crippen LogP contribution is -2.49. The molecule has 0 aromatic heterocycles.